The fourth-order valence-electron chi connectivity index (χ4n) is 3.60. The molecule has 1 amide bonds. The molecule has 0 bridgehead atoms. The lowest BCUT2D eigenvalue weighted by molar-refractivity contribution is 0.0355. The second-order valence-electron chi connectivity index (χ2n) is 7.23. The summed E-state index contributed by atoms with van der Waals surface area (Å²) in [5, 5.41) is 0.621. The maximum Gasteiger partial charge on any atom is 0.254 e. The molecule has 0 atom stereocenters. The highest BCUT2D eigenvalue weighted by Gasteiger charge is 2.19. The average molecular weight is 417 g/mol. The fourth-order valence-corrected chi connectivity index (χ4v) is 3.72. The summed E-state index contributed by atoms with van der Waals surface area (Å²) in [6.45, 7) is 5.85. The molecule has 154 valence electrons. The third kappa shape index (κ3) is 5.21. The lowest BCUT2D eigenvalue weighted by Gasteiger charge is -2.28. The Labute approximate surface area is 175 Å². The van der Waals surface area contributed by atoms with Crippen molar-refractivity contribution in [1.29, 1.82) is 0 Å². The normalized spacial score (nSPS) is 16.0. The average Bonchev–Trinajstić information content (AvgIpc) is 3.22. The van der Waals surface area contributed by atoms with Crippen molar-refractivity contribution in [1.82, 2.24) is 9.80 Å². The van der Waals surface area contributed by atoms with Crippen LogP contribution >= 0.6 is 11.6 Å². The van der Waals surface area contributed by atoms with Crippen LogP contribution in [0.1, 0.15) is 22.3 Å². The van der Waals surface area contributed by atoms with Crippen LogP contribution in [0.25, 0.3) is 0 Å². The zero-order valence-corrected chi connectivity index (χ0v) is 17.1. The van der Waals surface area contributed by atoms with E-state index in [0.717, 1.165) is 56.3 Å². The quantitative estimate of drug-likeness (QED) is 0.692. The topological polar surface area (TPSA) is 51.2 Å². The lowest BCUT2D eigenvalue weighted by Crippen LogP contribution is -2.39. The van der Waals surface area contributed by atoms with Gasteiger partial charge in [-0.05, 0) is 48.4 Å². The maximum atomic E-state index is 13.2. The van der Waals surface area contributed by atoms with Gasteiger partial charge in [0.2, 0.25) is 6.79 Å². The van der Waals surface area contributed by atoms with Crippen molar-refractivity contribution in [2.75, 3.05) is 46.2 Å². The van der Waals surface area contributed by atoms with E-state index in [1.165, 1.54) is 0 Å². The molecule has 2 aliphatic heterocycles. The Bertz CT molecular complexity index is 837. The number of benzene rings is 2. The first-order valence-electron chi connectivity index (χ1n) is 9.92. The second kappa shape index (κ2) is 9.48. The van der Waals surface area contributed by atoms with Crippen LogP contribution in [0, 0.1) is 0 Å². The van der Waals surface area contributed by atoms with Crippen LogP contribution in [-0.4, -0.2) is 61.9 Å². The van der Waals surface area contributed by atoms with Crippen molar-refractivity contribution in [3.63, 3.8) is 0 Å². The fraction of sp³-hybridized carbons (Fsp3) is 0.409. The van der Waals surface area contributed by atoms with Crippen LogP contribution in [0.15, 0.2) is 42.5 Å². The van der Waals surface area contributed by atoms with Crippen molar-refractivity contribution in [3.8, 4) is 11.5 Å². The third-order valence-corrected chi connectivity index (χ3v) is 5.45. The smallest absolute Gasteiger partial charge is 0.254 e. The Balaban J connectivity index is 1.45. The van der Waals surface area contributed by atoms with Gasteiger partial charge in [0.15, 0.2) is 11.5 Å². The number of hydrogen-bond donors (Lipinski definition) is 0. The molecule has 0 saturated carbocycles. The van der Waals surface area contributed by atoms with Crippen molar-refractivity contribution in [2.24, 2.45) is 0 Å². The van der Waals surface area contributed by atoms with Crippen LogP contribution in [0.5, 0.6) is 11.5 Å². The van der Waals surface area contributed by atoms with Crippen molar-refractivity contribution < 1.29 is 19.0 Å². The SMILES string of the molecule is O=C(c1ccc(Cl)cc1)N(CCCN1CCOCC1)Cc1ccc2c(c1)OCO2. The molecule has 0 aromatic heterocycles. The summed E-state index contributed by atoms with van der Waals surface area (Å²) in [5.41, 5.74) is 1.66. The molecule has 0 spiro atoms. The molecular weight excluding hydrogens is 392 g/mol. The molecule has 2 aromatic rings. The van der Waals surface area contributed by atoms with Gasteiger partial charge in [-0.25, -0.2) is 0 Å². The minimum absolute atomic E-state index is 0.00121. The van der Waals surface area contributed by atoms with E-state index in [4.69, 9.17) is 25.8 Å². The monoisotopic (exact) mass is 416 g/mol. The van der Waals surface area contributed by atoms with Crippen LogP contribution in [0.3, 0.4) is 0 Å². The second-order valence-corrected chi connectivity index (χ2v) is 7.67. The molecule has 1 fully saturated rings. The molecular formula is C22H25ClN2O4. The molecule has 4 rings (SSSR count). The zero-order chi connectivity index (χ0) is 20.1. The minimum Gasteiger partial charge on any atom is -0.454 e. The van der Waals surface area contributed by atoms with Crippen LogP contribution in [0.4, 0.5) is 0 Å². The molecule has 6 nitrogen and oxygen atoms in total. The van der Waals surface area contributed by atoms with Gasteiger partial charge >= 0.3 is 0 Å². The molecule has 1 saturated heterocycles. The van der Waals surface area contributed by atoms with Gasteiger partial charge in [-0.2, -0.15) is 0 Å². The number of amides is 1. The number of nitrogens with zero attached hydrogens (tertiary/aromatic N) is 2. The zero-order valence-electron chi connectivity index (χ0n) is 16.3. The van der Waals surface area contributed by atoms with E-state index in [9.17, 15) is 4.79 Å². The minimum atomic E-state index is 0.00121. The summed E-state index contributed by atoms with van der Waals surface area (Å²) in [6.07, 6.45) is 0.907. The van der Waals surface area contributed by atoms with Gasteiger partial charge in [-0.3, -0.25) is 9.69 Å². The van der Waals surface area contributed by atoms with E-state index in [0.29, 0.717) is 23.7 Å². The Morgan fingerprint density at radius 3 is 2.59 bits per heavy atom. The highest BCUT2D eigenvalue weighted by Crippen LogP contribution is 2.33. The highest BCUT2D eigenvalue weighted by atomic mass is 35.5. The van der Waals surface area contributed by atoms with Gasteiger partial charge in [-0.15, -0.1) is 0 Å². The summed E-state index contributed by atoms with van der Waals surface area (Å²) in [7, 11) is 0. The number of ether oxygens (including phenoxy) is 3. The first-order valence-corrected chi connectivity index (χ1v) is 10.3. The number of carbonyl (C=O) groups excluding carboxylic acids is 1. The van der Waals surface area contributed by atoms with Crippen molar-refractivity contribution in [3.05, 3.63) is 58.6 Å². The maximum absolute atomic E-state index is 13.2. The van der Waals surface area contributed by atoms with Gasteiger partial charge in [0.25, 0.3) is 5.91 Å². The molecule has 7 heteroatoms. The Kier molecular flexibility index (Phi) is 6.54. The van der Waals surface area contributed by atoms with Gasteiger partial charge < -0.3 is 19.1 Å². The van der Waals surface area contributed by atoms with E-state index in [-0.39, 0.29) is 12.7 Å². The molecule has 0 N–H and O–H groups in total. The van der Waals surface area contributed by atoms with Crippen LogP contribution in [0.2, 0.25) is 5.02 Å². The van der Waals surface area contributed by atoms with E-state index in [1.54, 1.807) is 24.3 Å². The predicted molar refractivity (Wildman–Crippen MR) is 111 cm³/mol. The molecule has 0 aliphatic carbocycles. The first-order chi connectivity index (χ1) is 14.2. The van der Waals surface area contributed by atoms with E-state index >= 15 is 0 Å². The van der Waals surface area contributed by atoms with Gasteiger partial charge in [0, 0.05) is 43.3 Å². The first kappa shape index (κ1) is 20.0. The molecule has 0 unspecified atom stereocenters. The molecule has 2 aromatic carbocycles. The number of halogens is 1. The van der Waals surface area contributed by atoms with Crippen LogP contribution in [-0.2, 0) is 11.3 Å². The van der Waals surface area contributed by atoms with Gasteiger partial charge in [-0.1, -0.05) is 17.7 Å². The molecule has 29 heavy (non-hydrogen) atoms. The Morgan fingerprint density at radius 1 is 1.03 bits per heavy atom. The number of fused-ring (bicyclic) bond motifs is 1. The van der Waals surface area contributed by atoms with Crippen molar-refractivity contribution in [2.45, 2.75) is 13.0 Å². The van der Waals surface area contributed by atoms with Crippen LogP contribution < -0.4 is 9.47 Å². The summed E-state index contributed by atoms with van der Waals surface area (Å²) < 4.78 is 16.3. The summed E-state index contributed by atoms with van der Waals surface area (Å²) >= 11 is 5.98. The summed E-state index contributed by atoms with van der Waals surface area (Å²) in [4.78, 5) is 17.4. The number of rotatable bonds is 7. The third-order valence-electron chi connectivity index (χ3n) is 5.19. The summed E-state index contributed by atoms with van der Waals surface area (Å²) in [6, 6.07) is 12.9. The van der Waals surface area contributed by atoms with Crippen molar-refractivity contribution >= 4 is 17.5 Å². The molecule has 0 radical (unpaired) electrons. The standard InChI is InChI=1S/C22H25ClN2O4/c23-19-5-3-18(4-6-19)22(26)25(9-1-8-24-10-12-27-13-11-24)15-17-2-7-20-21(14-17)29-16-28-20/h2-7,14H,1,8-13,15-16H2. The number of carbonyl (C=O) groups is 1. The van der Waals surface area contributed by atoms with Gasteiger partial charge in [0.05, 0.1) is 13.2 Å². The largest absolute Gasteiger partial charge is 0.454 e. The summed E-state index contributed by atoms with van der Waals surface area (Å²) in [5.74, 6) is 1.48. The molecule has 2 heterocycles. The highest BCUT2D eigenvalue weighted by molar-refractivity contribution is 6.30. The van der Waals surface area contributed by atoms with E-state index in [1.807, 2.05) is 23.1 Å². The van der Waals surface area contributed by atoms with E-state index < -0.39 is 0 Å². The number of hydrogen-bond acceptors (Lipinski definition) is 5. The number of morpholine rings is 1. The molecule has 2 aliphatic rings. The van der Waals surface area contributed by atoms with Gasteiger partial charge in [0.1, 0.15) is 0 Å². The Hall–Kier alpha value is -2.28. The lowest BCUT2D eigenvalue weighted by atomic mass is 10.1. The predicted octanol–water partition coefficient (Wildman–Crippen LogP) is 3.43. The van der Waals surface area contributed by atoms with E-state index in [2.05, 4.69) is 4.90 Å². The Morgan fingerprint density at radius 2 is 1.79 bits per heavy atom.